The fourth-order valence-corrected chi connectivity index (χ4v) is 3.07. The van der Waals surface area contributed by atoms with Crippen molar-refractivity contribution < 1.29 is 27.6 Å². The summed E-state index contributed by atoms with van der Waals surface area (Å²) < 4.78 is 41.1. The van der Waals surface area contributed by atoms with Crippen LogP contribution in [0.4, 0.5) is 13.2 Å². The fraction of sp³-hybridized carbons (Fsp3) is 0.292. The van der Waals surface area contributed by atoms with E-state index in [1.807, 2.05) is 0 Å². The minimum atomic E-state index is -3.61. The van der Waals surface area contributed by atoms with Gasteiger partial charge in [-0.3, -0.25) is 14.4 Å². The molecule has 0 aliphatic rings. The van der Waals surface area contributed by atoms with Crippen LogP contribution in [0.1, 0.15) is 25.0 Å². The van der Waals surface area contributed by atoms with Gasteiger partial charge in [0.1, 0.15) is 6.04 Å². The Hall–Kier alpha value is -3.13. The van der Waals surface area contributed by atoms with Crippen LogP contribution in [0.5, 0.6) is 0 Å². The van der Waals surface area contributed by atoms with Gasteiger partial charge in [0, 0.05) is 23.4 Å². The van der Waals surface area contributed by atoms with E-state index >= 15 is 4.39 Å². The predicted molar refractivity (Wildman–Crippen MR) is 120 cm³/mol. The Bertz CT molecular complexity index is 998. The van der Waals surface area contributed by atoms with Crippen molar-refractivity contribution in [3.8, 4) is 0 Å². The average Bonchev–Trinajstić information content (AvgIpc) is 2.78. The van der Waals surface area contributed by atoms with E-state index in [-0.39, 0.29) is 6.42 Å². The lowest BCUT2D eigenvalue weighted by molar-refractivity contribution is -0.152. The van der Waals surface area contributed by atoms with Crippen LogP contribution in [0.3, 0.4) is 0 Å². The molecule has 0 aromatic heterocycles. The van der Waals surface area contributed by atoms with E-state index in [9.17, 15) is 23.2 Å². The van der Waals surface area contributed by atoms with Crippen molar-refractivity contribution in [1.82, 2.24) is 10.6 Å². The van der Waals surface area contributed by atoms with Gasteiger partial charge in [0.25, 0.3) is 5.78 Å². The topological polar surface area (TPSA) is 75.3 Å². The van der Waals surface area contributed by atoms with E-state index in [0.717, 1.165) is 0 Å². The zero-order chi connectivity index (χ0) is 24.6. The highest BCUT2D eigenvalue weighted by Gasteiger charge is 2.48. The number of alkyl halides is 3. The summed E-state index contributed by atoms with van der Waals surface area (Å²) in [5.74, 6) is -8.36. The van der Waals surface area contributed by atoms with Gasteiger partial charge in [-0.2, -0.15) is 0 Å². The van der Waals surface area contributed by atoms with Gasteiger partial charge in [0.15, 0.2) is 0 Å². The molecule has 0 aliphatic carbocycles. The molecule has 0 radical (unpaired) electrons. The molecule has 2 amide bonds. The molecule has 2 atom stereocenters. The maximum atomic E-state index is 15.1. The maximum Gasteiger partial charge on any atom is 0.301 e. The molecule has 33 heavy (non-hydrogen) atoms. The summed E-state index contributed by atoms with van der Waals surface area (Å²) in [6.07, 6.45) is -1.01. The van der Waals surface area contributed by atoms with Gasteiger partial charge in [0.2, 0.25) is 17.6 Å². The van der Waals surface area contributed by atoms with Gasteiger partial charge >= 0.3 is 6.43 Å². The Kier molecular flexibility index (Phi) is 9.22. The van der Waals surface area contributed by atoms with Gasteiger partial charge in [-0.1, -0.05) is 67.9 Å². The van der Waals surface area contributed by atoms with Crippen molar-refractivity contribution in [2.24, 2.45) is 5.92 Å². The van der Waals surface area contributed by atoms with Crippen molar-refractivity contribution in [3.05, 3.63) is 76.8 Å². The molecule has 2 aromatic rings. The van der Waals surface area contributed by atoms with Gasteiger partial charge in [-0.15, -0.1) is 0 Å². The van der Waals surface area contributed by atoms with Crippen molar-refractivity contribution >= 4 is 35.3 Å². The van der Waals surface area contributed by atoms with Crippen LogP contribution in [0.15, 0.2) is 60.7 Å². The predicted octanol–water partition coefficient (Wildman–Crippen LogP) is 4.35. The maximum absolute atomic E-state index is 15.1. The summed E-state index contributed by atoms with van der Waals surface area (Å²) in [7, 11) is 0. The van der Waals surface area contributed by atoms with Crippen LogP contribution >= 0.6 is 11.6 Å². The van der Waals surface area contributed by atoms with Crippen molar-refractivity contribution in [2.45, 2.75) is 38.5 Å². The number of ketones is 1. The summed E-state index contributed by atoms with van der Waals surface area (Å²) in [5, 5.41) is 4.76. The highest BCUT2D eigenvalue weighted by Crippen LogP contribution is 2.24. The van der Waals surface area contributed by atoms with Crippen LogP contribution < -0.4 is 10.6 Å². The van der Waals surface area contributed by atoms with Gasteiger partial charge in [-0.05, 0) is 29.3 Å². The summed E-state index contributed by atoms with van der Waals surface area (Å²) >= 11 is 5.82. The largest absolute Gasteiger partial charge is 0.340 e. The third-order valence-corrected chi connectivity index (χ3v) is 5.12. The number of nitrogens with one attached hydrogen (secondary N) is 2. The molecule has 2 rings (SSSR count). The Morgan fingerprint density at radius 1 is 1.03 bits per heavy atom. The Labute approximate surface area is 195 Å². The van der Waals surface area contributed by atoms with Gasteiger partial charge in [0.05, 0.1) is 0 Å². The average molecular weight is 481 g/mol. The molecule has 5 nitrogen and oxygen atoms in total. The third-order valence-electron chi connectivity index (χ3n) is 4.87. The minimum Gasteiger partial charge on any atom is -0.340 e. The number of benzene rings is 2. The van der Waals surface area contributed by atoms with E-state index < -0.39 is 41.8 Å². The number of halogens is 4. The van der Waals surface area contributed by atoms with E-state index in [4.69, 9.17) is 11.6 Å². The van der Waals surface area contributed by atoms with Crippen molar-refractivity contribution in [1.29, 1.82) is 0 Å². The standard InChI is InChI=1S/C24H24ClF3N2O3/c1-15(2)24(28,21(32)22(26)27)30-23(33)19(14-17-6-4-3-5-7-17)29-20(31)13-10-16-8-11-18(25)12-9-16/h3-13,15,19,22H,14H2,1-2H3,(H,29,31)(H,30,33)/b13-10+/t19-,24+/m0/s1. The highest BCUT2D eigenvalue weighted by atomic mass is 35.5. The Balaban J connectivity index is 2.23. The molecule has 0 saturated carbocycles. The monoisotopic (exact) mass is 480 g/mol. The lowest BCUT2D eigenvalue weighted by Crippen LogP contribution is -2.61. The number of amides is 2. The first-order valence-electron chi connectivity index (χ1n) is 10.1. The third kappa shape index (κ3) is 7.46. The fourth-order valence-electron chi connectivity index (χ4n) is 2.94. The minimum absolute atomic E-state index is 0.0513. The summed E-state index contributed by atoms with van der Waals surface area (Å²) in [6, 6.07) is 13.8. The van der Waals surface area contributed by atoms with Crippen LogP contribution in [0.2, 0.25) is 5.02 Å². The second-order valence-corrected chi connectivity index (χ2v) is 8.09. The number of hydrogen-bond acceptors (Lipinski definition) is 3. The molecular weight excluding hydrogens is 457 g/mol. The highest BCUT2D eigenvalue weighted by molar-refractivity contribution is 6.30. The van der Waals surface area contributed by atoms with Crippen molar-refractivity contribution in [2.75, 3.05) is 0 Å². The number of carbonyl (C=O) groups is 3. The molecule has 0 spiro atoms. The van der Waals surface area contributed by atoms with Gasteiger partial charge < -0.3 is 10.6 Å². The van der Waals surface area contributed by atoms with Crippen LogP contribution in [-0.4, -0.2) is 35.9 Å². The Morgan fingerprint density at radius 2 is 1.64 bits per heavy atom. The van der Waals surface area contributed by atoms with Crippen LogP contribution in [0.25, 0.3) is 6.08 Å². The van der Waals surface area contributed by atoms with E-state index in [1.54, 1.807) is 59.9 Å². The van der Waals surface area contributed by atoms with Gasteiger partial charge in [-0.25, -0.2) is 13.2 Å². The number of Topliss-reactive ketones (excluding diaryl/α,β-unsaturated/α-hetero) is 1. The zero-order valence-electron chi connectivity index (χ0n) is 18.0. The molecule has 0 bridgehead atoms. The molecular formula is C24H24ClF3N2O3. The number of carbonyl (C=O) groups excluding carboxylic acids is 3. The second kappa shape index (κ2) is 11.7. The summed E-state index contributed by atoms with van der Waals surface area (Å²) in [6.45, 7) is 2.39. The van der Waals surface area contributed by atoms with E-state index in [0.29, 0.717) is 16.1 Å². The first-order chi connectivity index (χ1) is 15.5. The SMILES string of the molecule is CC(C)[C@@](F)(NC(=O)[C@H](Cc1ccccc1)NC(=O)/C=C/c1ccc(Cl)cc1)C(=O)C(F)F. The molecule has 0 heterocycles. The smallest absolute Gasteiger partial charge is 0.301 e. The lowest BCUT2D eigenvalue weighted by Gasteiger charge is -2.30. The summed E-state index contributed by atoms with van der Waals surface area (Å²) in [4.78, 5) is 37.1. The Morgan fingerprint density at radius 3 is 2.18 bits per heavy atom. The molecule has 9 heteroatoms. The lowest BCUT2D eigenvalue weighted by atomic mass is 9.95. The quantitative estimate of drug-likeness (QED) is 0.392. The van der Waals surface area contributed by atoms with E-state index in [1.165, 1.54) is 26.0 Å². The second-order valence-electron chi connectivity index (χ2n) is 7.66. The first-order valence-corrected chi connectivity index (χ1v) is 10.5. The van der Waals surface area contributed by atoms with Crippen molar-refractivity contribution in [3.63, 3.8) is 0 Å². The molecule has 0 saturated heterocycles. The molecule has 0 aliphatic heterocycles. The summed E-state index contributed by atoms with van der Waals surface area (Å²) in [5.41, 5.74) is 1.30. The molecule has 2 N–H and O–H groups in total. The van der Waals surface area contributed by atoms with Crippen LogP contribution in [0, 0.1) is 5.92 Å². The van der Waals surface area contributed by atoms with Crippen LogP contribution in [-0.2, 0) is 20.8 Å². The molecule has 0 unspecified atom stereocenters. The zero-order valence-corrected chi connectivity index (χ0v) is 18.8. The normalized spacial score (nSPS) is 14.2. The van der Waals surface area contributed by atoms with E-state index in [2.05, 4.69) is 5.32 Å². The molecule has 2 aromatic carbocycles. The number of hydrogen-bond donors (Lipinski definition) is 2. The molecule has 0 fully saturated rings. The number of rotatable bonds is 10. The first kappa shape index (κ1) is 26.1. The molecule has 176 valence electrons.